The molecule has 6 heteroatoms. The van der Waals surface area contributed by atoms with E-state index in [-0.39, 0.29) is 11.8 Å². The molecule has 6 nitrogen and oxygen atoms in total. The number of hydrogen-bond donors (Lipinski definition) is 1. The summed E-state index contributed by atoms with van der Waals surface area (Å²) in [5.74, 6) is -0.757. The predicted octanol–water partition coefficient (Wildman–Crippen LogP) is -0.584. The Hall–Kier alpha value is -1.43. The van der Waals surface area contributed by atoms with Gasteiger partial charge in [0.2, 0.25) is 11.8 Å². The van der Waals surface area contributed by atoms with E-state index in [1.807, 2.05) is 0 Å². The lowest BCUT2D eigenvalue weighted by Gasteiger charge is -2.14. The molecule has 90 valence electrons. The van der Waals surface area contributed by atoms with E-state index in [0.717, 1.165) is 0 Å². The second-order valence-corrected chi connectivity index (χ2v) is 3.71. The molecule has 1 fully saturated rings. The van der Waals surface area contributed by atoms with Crippen LogP contribution in [0.1, 0.15) is 25.7 Å². The lowest BCUT2D eigenvalue weighted by molar-refractivity contribution is -0.142. The highest BCUT2D eigenvalue weighted by atomic mass is 16.5. The Labute approximate surface area is 93.7 Å². The zero-order chi connectivity index (χ0) is 12.1. The topological polar surface area (TPSA) is 89.7 Å². The lowest BCUT2D eigenvalue weighted by Crippen LogP contribution is -2.34. The van der Waals surface area contributed by atoms with E-state index in [4.69, 9.17) is 5.73 Å². The molecule has 0 unspecified atom stereocenters. The van der Waals surface area contributed by atoms with Crippen molar-refractivity contribution in [1.29, 1.82) is 0 Å². The highest BCUT2D eigenvalue weighted by Crippen LogP contribution is 2.12. The summed E-state index contributed by atoms with van der Waals surface area (Å²) in [7, 11) is 1.27. The molecule has 1 saturated heterocycles. The van der Waals surface area contributed by atoms with Gasteiger partial charge < -0.3 is 10.5 Å². The summed E-state index contributed by atoms with van der Waals surface area (Å²) in [4.78, 5) is 34.7. The molecule has 0 bridgehead atoms. The Morgan fingerprint density at radius 1 is 1.44 bits per heavy atom. The maximum Gasteiger partial charge on any atom is 0.322 e. The molecule has 0 aromatic rings. The van der Waals surface area contributed by atoms with Crippen molar-refractivity contribution in [3.63, 3.8) is 0 Å². The van der Waals surface area contributed by atoms with Gasteiger partial charge in [0.15, 0.2) is 0 Å². The number of nitrogens with zero attached hydrogens (tertiary/aromatic N) is 1. The van der Waals surface area contributed by atoms with Crippen LogP contribution in [0.2, 0.25) is 0 Å². The molecule has 16 heavy (non-hydrogen) atoms. The molecule has 0 aromatic heterocycles. The Balaban J connectivity index is 2.27. The fraction of sp³-hybridized carbons (Fsp3) is 0.700. The van der Waals surface area contributed by atoms with E-state index in [2.05, 4.69) is 4.74 Å². The first-order chi connectivity index (χ1) is 7.56. The van der Waals surface area contributed by atoms with Crippen molar-refractivity contribution >= 4 is 17.8 Å². The van der Waals surface area contributed by atoms with E-state index >= 15 is 0 Å². The van der Waals surface area contributed by atoms with Gasteiger partial charge in [0.25, 0.3) is 0 Å². The largest absolute Gasteiger partial charge is 0.468 e. The monoisotopic (exact) mass is 228 g/mol. The molecule has 2 amide bonds. The van der Waals surface area contributed by atoms with Gasteiger partial charge in [-0.2, -0.15) is 0 Å². The van der Waals surface area contributed by atoms with Gasteiger partial charge in [-0.25, -0.2) is 0 Å². The fourth-order valence-electron chi connectivity index (χ4n) is 1.61. The van der Waals surface area contributed by atoms with Gasteiger partial charge in [-0.05, 0) is 12.8 Å². The zero-order valence-corrected chi connectivity index (χ0v) is 9.27. The third-order valence-electron chi connectivity index (χ3n) is 2.56. The summed E-state index contributed by atoms with van der Waals surface area (Å²) in [6.45, 7) is 0.336. The Morgan fingerprint density at radius 3 is 2.50 bits per heavy atom. The molecular weight excluding hydrogens is 212 g/mol. The van der Waals surface area contributed by atoms with E-state index in [0.29, 0.717) is 32.2 Å². The number of esters is 1. The first-order valence-electron chi connectivity index (χ1n) is 5.23. The van der Waals surface area contributed by atoms with Crippen LogP contribution < -0.4 is 5.73 Å². The van der Waals surface area contributed by atoms with Crippen LogP contribution in [0.25, 0.3) is 0 Å². The standard InChI is InChI=1S/C10H16N2O4/c1-16-10(15)7(11)3-2-6-12-8(13)4-5-9(12)14/h7H,2-6,11H2,1H3/t7-/m0/s1. The molecule has 0 radical (unpaired) electrons. The minimum absolute atomic E-state index is 0.142. The third kappa shape index (κ3) is 3.03. The van der Waals surface area contributed by atoms with E-state index in [9.17, 15) is 14.4 Å². The van der Waals surface area contributed by atoms with Crippen molar-refractivity contribution < 1.29 is 19.1 Å². The molecule has 0 aliphatic carbocycles. The molecule has 1 aliphatic rings. The Bertz CT molecular complexity index is 287. The average Bonchev–Trinajstić information content (AvgIpc) is 2.59. The number of hydrogen-bond acceptors (Lipinski definition) is 5. The number of likely N-dealkylation sites (tertiary alicyclic amines) is 1. The van der Waals surface area contributed by atoms with Crippen LogP contribution in [0.5, 0.6) is 0 Å². The minimum atomic E-state index is -0.683. The summed E-state index contributed by atoms with van der Waals surface area (Å²) in [6.07, 6.45) is 1.52. The molecule has 1 atom stereocenters. The van der Waals surface area contributed by atoms with Gasteiger partial charge in [0, 0.05) is 19.4 Å². The number of nitrogens with two attached hydrogens (primary N) is 1. The number of methoxy groups -OCH3 is 1. The number of imide groups is 1. The molecule has 1 heterocycles. The minimum Gasteiger partial charge on any atom is -0.468 e. The van der Waals surface area contributed by atoms with Gasteiger partial charge in [0.05, 0.1) is 7.11 Å². The van der Waals surface area contributed by atoms with Crippen LogP contribution in [0.4, 0.5) is 0 Å². The third-order valence-corrected chi connectivity index (χ3v) is 2.56. The normalized spacial score (nSPS) is 17.8. The summed E-state index contributed by atoms with van der Waals surface area (Å²) < 4.78 is 4.47. The Morgan fingerprint density at radius 2 is 2.00 bits per heavy atom. The molecule has 0 aromatic carbocycles. The zero-order valence-electron chi connectivity index (χ0n) is 9.27. The number of carbonyl (C=O) groups is 3. The van der Waals surface area contributed by atoms with E-state index in [1.165, 1.54) is 12.0 Å². The van der Waals surface area contributed by atoms with Gasteiger partial charge in [-0.1, -0.05) is 0 Å². The maximum absolute atomic E-state index is 11.2. The summed E-state index contributed by atoms with van der Waals surface area (Å²) in [5.41, 5.74) is 5.52. The van der Waals surface area contributed by atoms with Crippen LogP contribution in [-0.4, -0.2) is 42.4 Å². The van der Waals surface area contributed by atoms with Crippen LogP contribution in [-0.2, 0) is 19.1 Å². The molecule has 0 spiro atoms. The van der Waals surface area contributed by atoms with Crippen molar-refractivity contribution in [2.45, 2.75) is 31.7 Å². The average molecular weight is 228 g/mol. The second kappa shape index (κ2) is 5.60. The van der Waals surface area contributed by atoms with Crippen molar-refractivity contribution in [1.82, 2.24) is 4.90 Å². The highest BCUT2D eigenvalue weighted by molar-refractivity contribution is 6.01. The summed E-state index contributed by atoms with van der Waals surface area (Å²) >= 11 is 0. The predicted molar refractivity (Wildman–Crippen MR) is 55.2 cm³/mol. The van der Waals surface area contributed by atoms with Gasteiger partial charge in [-0.3, -0.25) is 19.3 Å². The van der Waals surface area contributed by atoms with Crippen molar-refractivity contribution in [3.8, 4) is 0 Å². The first kappa shape index (κ1) is 12.6. The van der Waals surface area contributed by atoms with Crippen LogP contribution >= 0.6 is 0 Å². The van der Waals surface area contributed by atoms with Crippen LogP contribution in [0, 0.1) is 0 Å². The van der Waals surface area contributed by atoms with Crippen LogP contribution in [0.3, 0.4) is 0 Å². The molecule has 1 rings (SSSR count). The lowest BCUT2D eigenvalue weighted by atomic mass is 10.1. The number of rotatable bonds is 5. The second-order valence-electron chi connectivity index (χ2n) is 3.71. The van der Waals surface area contributed by atoms with Crippen molar-refractivity contribution in [2.75, 3.05) is 13.7 Å². The molecule has 2 N–H and O–H groups in total. The van der Waals surface area contributed by atoms with Crippen LogP contribution in [0.15, 0.2) is 0 Å². The molecule has 1 aliphatic heterocycles. The molecular formula is C10H16N2O4. The number of ether oxygens (including phenoxy) is 1. The van der Waals surface area contributed by atoms with Crippen molar-refractivity contribution in [2.24, 2.45) is 5.73 Å². The summed E-state index contributed by atoms with van der Waals surface area (Å²) in [6, 6.07) is -0.683. The summed E-state index contributed by atoms with van der Waals surface area (Å²) in [5, 5.41) is 0. The van der Waals surface area contributed by atoms with E-state index < -0.39 is 12.0 Å². The van der Waals surface area contributed by atoms with Gasteiger partial charge in [0.1, 0.15) is 6.04 Å². The highest BCUT2D eigenvalue weighted by Gasteiger charge is 2.28. The van der Waals surface area contributed by atoms with Gasteiger partial charge >= 0.3 is 5.97 Å². The smallest absolute Gasteiger partial charge is 0.322 e. The fourth-order valence-corrected chi connectivity index (χ4v) is 1.61. The number of carbonyl (C=O) groups excluding carboxylic acids is 3. The van der Waals surface area contributed by atoms with Gasteiger partial charge in [-0.15, -0.1) is 0 Å². The number of amides is 2. The first-order valence-corrected chi connectivity index (χ1v) is 5.23. The SMILES string of the molecule is COC(=O)[C@@H](N)CCCN1C(=O)CCC1=O. The van der Waals surface area contributed by atoms with E-state index in [1.54, 1.807) is 0 Å². The van der Waals surface area contributed by atoms with Crippen molar-refractivity contribution in [3.05, 3.63) is 0 Å². The molecule has 0 saturated carbocycles. The maximum atomic E-state index is 11.2. The quantitative estimate of drug-likeness (QED) is 0.502. The Kier molecular flexibility index (Phi) is 4.42.